The number of nitrogens with zero attached hydrogens (tertiary/aromatic N) is 1. The molecule has 3 saturated carbocycles. The van der Waals surface area contributed by atoms with Crippen LogP contribution < -0.4 is 5.32 Å². The second-order valence-electron chi connectivity index (χ2n) is 8.92. The minimum Gasteiger partial charge on any atom is -0.460 e. The first-order valence-electron chi connectivity index (χ1n) is 10.6. The Morgan fingerprint density at radius 3 is 2.33 bits per heavy atom. The van der Waals surface area contributed by atoms with Gasteiger partial charge in [-0.25, -0.2) is 4.39 Å². The predicted octanol–water partition coefficient (Wildman–Crippen LogP) is 4.29. The number of alkyl halides is 1. The fourth-order valence-electron chi connectivity index (χ4n) is 5.04. The molecule has 0 spiro atoms. The topological polar surface area (TPSA) is 58.6 Å². The number of halogens is 3. The summed E-state index contributed by atoms with van der Waals surface area (Å²) in [7, 11) is 0. The minimum atomic E-state index is -0.899. The third-order valence-corrected chi connectivity index (χ3v) is 7.89. The SMILES string of the molecule is O=C(CNC12CCC(C(=O)OCc3c(Cl)cccc3Cl)(CC1)CC2)N1CCC(F)C1. The summed E-state index contributed by atoms with van der Waals surface area (Å²) in [5.74, 6) is -0.225. The minimum absolute atomic E-state index is 0.0389. The molecule has 3 aliphatic carbocycles. The average Bonchev–Trinajstić information content (AvgIpc) is 3.19. The van der Waals surface area contributed by atoms with E-state index >= 15 is 0 Å². The predicted molar refractivity (Wildman–Crippen MR) is 113 cm³/mol. The number of hydrogen-bond acceptors (Lipinski definition) is 4. The van der Waals surface area contributed by atoms with E-state index in [9.17, 15) is 14.0 Å². The van der Waals surface area contributed by atoms with Gasteiger partial charge in [0.15, 0.2) is 0 Å². The Bertz CT molecular complexity index is 790. The molecule has 1 heterocycles. The first kappa shape index (κ1) is 21.8. The summed E-state index contributed by atoms with van der Waals surface area (Å²) in [5, 5.41) is 4.42. The standard InChI is InChI=1S/C22H27Cl2FN2O3/c23-17-2-1-3-18(24)16(17)14-30-20(29)21-5-8-22(9-6-21,10-7-21)26-12-19(28)27-11-4-15(25)13-27/h1-3,15,26H,4-14H2. The number of esters is 1. The van der Waals surface area contributed by atoms with Gasteiger partial charge in [-0.15, -0.1) is 0 Å². The van der Waals surface area contributed by atoms with E-state index in [4.69, 9.17) is 27.9 Å². The van der Waals surface area contributed by atoms with Gasteiger partial charge in [-0.05, 0) is 57.1 Å². The highest BCUT2D eigenvalue weighted by Gasteiger charge is 2.53. The summed E-state index contributed by atoms with van der Waals surface area (Å²) in [6.45, 7) is 1.01. The molecule has 0 radical (unpaired) electrons. The highest BCUT2D eigenvalue weighted by molar-refractivity contribution is 6.35. The lowest BCUT2D eigenvalue weighted by molar-refractivity contribution is -0.165. The van der Waals surface area contributed by atoms with Gasteiger partial charge in [0.25, 0.3) is 0 Å². The van der Waals surface area contributed by atoms with E-state index in [0.717, 1.165) is 38.5 Å². The van der Waals surface area contributed by atoms with Gasteiger partial charge in [0.2, 0.25) is 5.91 Å². The lowest BCUT2D eigenvalue weighted by Crippen LogP contribution is -2.58. The van der Waals surface area contributed by atoms with Crippen molar-refractivity contribution in [2.24, 2.45) is 5.41 Å². The maximum Gasteiger partial charge on any atom is 0.312 e. The van der Waals surface area contributed by atoms with E-state index in [1.807, 2.05) is 0 Å². The van der Waals surface area contributed by atoms with Gasteiger partial charge in [0.05, 0.1) is 18.5 Å². The van der Waals surface area contributed by atoms with E-state index in [1.54, 1.807) is 23.1 Å². The molecule has 2 bridgehead atoms. The van der Waals surface area contributed by atoms with Crippen LogP contribution in [-0.4, -0.2) is 48.1 Å². The molecule has 5 nitrogen and oxygen atoms in total. The number of benzene rings is 1. The Kier molecular flexibility index (Phi) is 6.29. The molecular formula is C22H27Cl2FN2O3. The van der Waals surface area contributed by atoms with E-state index < -0.39 is 11.6 Å². The summed E-state index contributed by atoms with van der Waals surface area (Å²) in [6.07, 6.45) is 4.22. The van der Waals surface area contributed by atoms with Crippen molar-refractivity contribution in [2.75, 3.05) is 19.6 Å². The highest BCUT2D eigenvalue weighted by Crippen LogP contribution is 2.53. The van der Waals surface area contributed by atoms with Crippen molar-refractivity contribution >= 4 is 35.1 Å². The van der Waals surface area contributed by atoms with E-state index in [-0.39, 0.29) is 37.1 Å². The number of likely N-dealkylation sites (tertiary alicyclic amines) is 1. The van der Waals surface area contributed by atoms with Gasteiger partial charge in [-0.3, -0.25) is 9.59 Å². The Balaban J connectivity index is 1.29. The number of nitrogens with one attached hydrogen (secondary N) is 1. The molecule has 1 N–H and O–H groups in total. The molecule has 1 aliphatic heterocycles. The Hall–Kier alpha value is -1.37. The van der Waals surface area contributed by atoms with Crippen LogP contribution in [0.15, 0.2) is 18.2 Å². The molecule has 1 aromatic rings. The molecule has 0 aromatic heterocycles. The van der Waals surface area contributed by atoms with E-state index in [1.165, 1.54) is 0 Å². The molecule has 1 aromatic carbocycles. The van der Waals surface area contributed by atoms with Gasteiger partial charge in [-0.2, -0.15) is 0 Å². The molecule has 8 heteroatoms. The highest BCUT2D eigenvalue weighted by atomic mass is 35.5. The van der Waals surface area contributed by atoms with Crippen molar-refractivity contribution in [3.8, 4) is 0 Å². The van der Waals surface area contributed by atoms with Gasteiger partial charge in [0.1, 0.15) is 12.8 Å². The maximum absolute atomic E-state index is 13.3. The van der Waals surface area contributed by atoms with Gasteiger partial charge >= 0.3 is 5.97 Å². The number of carbonyl (C=O) groups excluding carboxylic acids is 2. The molecule has 1 saturated heterocycles. The molecular weight excluding hydrogens is 430 g/mol. The van der Waals surface area contributed by atoms with Crippen LogP contribution in [0, 0.1) is 5.41 Å². The number of rotatable bonds is 6. The zero-order valence-electron chi connectivity index (χ0n) is 16.9. The van der Waals surface area contributed by atoms with Crippen LogP contribution in [0.2, 0.25) is 10.0 Å². The summed E-state index contributed by atoms with van der Waals surface area (Å²) in [6, 6.07) is 5.22. The summed E-state index contributed by atoms with van der Waals surface area (Å²) < 4.78 is 19.0. The quantitative estimate of drug-likeness (QED) is 0.648. The van der Waals surface area contributed by atoms with Crippen molar-refractivity contribution in [3.05, 3.63) is 33.8 Å². The van der Waals surface area contributed by atoms with Crippen LogP contribution in [-0.2, 0) is 20.9 Å². The van der Waals surface area contributed by atoms with Crippen LogP contribution in [0.3, 0.4) is 0 Å². The van der Waals surface area contributed by atoms with E-state index in [2.05, 4.69) is 5.32 Å². The molecule has 5 rings (SSSR count). The fraction of sp³-hybridized carbons (Fsp3) is 0.636. The van der Waals surface area contributed by atoms with Crippen LogP contribution in [0.25, 0.3) is 0 Å². The fourth-order valence-corrected chi connectivity index (χ4v) is 5.54. The molecule has 30 heavy (non-hydrogen) atoms. The van der Waals surface area contributed by atoms with Crippen molar-refractivity contribution in [1.29, 1.82) is 0 Å². The second-order valence-corrected chi connectivity index (χ2v) is 9.73. The number of fused-ring (bicyclic) bond motifs is 3. The van der Waals surface area contributed by atoms with Gasteiger partial charge in [0, 0.05) is 27.7 Å². The van der Waals surface area contributed by atoms with Crippen molar-refractivity contribution in [3.63, 3.8) is 0 Å². The molecule has 1 unspecified atom stereocenters. The van der Waals surface area contributed by atoms with E-state index in [0.29, 0.717) is 28.6 Å². The zero-order chi connectivity index (χ0) is 21.4. The maximum atomic E-state index is 13.3. The largest absolute Gasteiger partial charge is 0.460 e. The Morgan fingerprint density at radius 1 is 1.13 bits per heavy atom. The van der Waals surface area contributed by atoms with Crippen molar-refractivity contribution in [2.45, 2.75) is 63.3 Å². The number of ether oxygens (including phenoxy) is 1. The summed E-state index contributed by atoms with van der Waals surface area (Å²) >= 11 is 12.3. The van der Waals surface area contributed by atoms with Crippen LogP contribution >= 0.6 is 23.2 Å². The number of amides is 1. The lowest BCUT2D eigenvalue weighted by Gasteiger charge is -2.52. The molecule has 4 aliphatic rings. The summed E-state index contributed by atoms with van der Waals surface area (Å²) in [5.41, 5.74) is 0.0556. The Labute approximate surface area is 186 Å². The third kappa shape index (κ3) is 4.32. The van der Waals surface area contributed by atoms with Crippen LogP contribution in [0.1, 0.15) is 50.5 Å². The van der Waals surface area contributed by atoms with Crippen molar-refractivity contribution in [1.82, 2.24) is 10.2 Å². The van der Waals surface area contributed by atoms with Crippen LogP contribution in [0.5, 0.6) is 0 Å². The van der Waals surface area contributed by atoms with Gasteiger partial charge in [-0.1, -0.05) is 29.3 Å². The van der Waals surface area contributed by atoms with Crippen molar-refractivity contribution < 1.29 is 18.7 Å². The molecule has 1 amide bonds. The first-order chi connectivity index (χ1) is 14.3. The van der Waals surface area contributed by atoms with Crippen LogP contribution in [0.4, 0.5) is 4.39 Å². The van der Waals surface area contributed by atoms with Gasteiger partial charge < -0.3 is 15.0 Å². The Morgan fingerprint density at radius 2 is 1.77 bits per heavy atom. The third-order valence-electron chi connectivity index (χ3n) is 7.19. The first-order valence-corrected chi connectivity index (χ1v) is 11.4. The average molecular weight is 457 g/mol. The molecule has 1 atom stereocenters. The number of carbonyl (C=O) groups is 2. The smallest absolute Gasteiger partial charge is 0.312 e. The molecule has 4 fully saturated rings. The zero-order valence-corrected chi connectivity index (χ0v) is 18.4. The molecule has 164 valence electrons. The second kappa shape index (κ2) is 8.64. The summed E-state index contributed by atoms with van der Waals surface area (Å²) in [4.78, 5) is 26.9. The lowest BCUT2D eigenvalue weighted by atomic mass is 9.57. The monoisotopic (exact) mass is 456 g/mol. The normalized spacial score (nSPS) is 30.5. The number of hydrogen-bond donors (Lipinski definition) is 1.